The molecule has 2 amide bonds. The number of pyridine rings is 3. The fraction of sp³-hybridized carbons (Fsp3) is 0.324. The zero-order valence-electron chi connectivity index (χ0n) is 84.0. The van der Waals surface area contributed by atoms with E-state index in [9.17, 15) is 29.1 Å². The van der Waals surface area contributed by atoms with Crippen molar-refractivity contribution in [2.24, 2.45) is 5.73 Å². The van der Waals surface area contributed by atoms with Crippen LogP contribution in [0.25, 0.3) is 33.1 Å². The van der Waals surface area contributed by atoms with Gasteiger partial charge in [0.15, 0.2) is 70.7 Å². The lowest BCUT2D eigenvalue weighted by molar-refractivity contribution is 0.0566. The number of aromatic amines is 1. The molecular formula is C105H115Cl11IN15O8S5Si2. The Balaban J connectivity index is 0.000000186. The summed E-state index contributed by atoms with van der Waals surface area (Å²) in [5, 5.41) is 25.3. The van der Waals surface area contributed by atoms with Gasteiger partial charge in [0.2, 0.25) is 0 Å². The van der Waals surface area contributed by atoms with E-state index in [1.165, 1.54) is 58.2 Å². The molecule has 5 N–H and O–H groups in total. The molecule has 147 heavy (non-hydrogen) atoms. The lowest BCUT2D eigenvalue weighted by atomic mass is 10.1. The minimum Gasteiger partial charge on any atom is -0.443 e. The van der Waals surface area contributed by atoms with Crippen LogP contribution in [0.15, 0.2) is 195 Å². The third kappa shape index (κ3) is 32.5. The van der Waals surface area contributed by atoms with Crippen LogP contribution in [0, 0.1) is 3.57 Å². The van der Waals surface area contributed by atoms with Gasteiger partial charge in [-0.1, -0.05) is 317 Å². The molecule has 16 rings (SSSR count). The number of benzene rings is 5. The molecular weight excluding hydrogens is 2330 g/mol. The Kier molecular flexibility index (Phi) is 45.6. The number of aliphatic hydroxyl groups excluding tert-OH is 1. The summed E-state index contributed by atoms with van der Waals surface area (Å²) in [5.74, 6) is 0. The van der Waals surface area contributed by atoms with Crippen molar-refractivity contribution in [2.75, 3.05) is 15.1 Å². The number of rotatable bonds is 28. The van der Waals surface area contributed by atoms with Gasteiger partial charge in [0.05, 0.1) is 23.0 Å². The molecule has 780 valence electrons. The molecule has 0 aliphatic carbocycles. The van der Waals surface area contributed by atoms with E-state index in [0.29, 0.717) is 120 Å². The number of nitrogens with zero attached hydrogens (tertiary/aromatic N) is 12. The average molecular weight is 2450 g/mol. The number of hydrogen-bond donors (Lipinski definition) is 4. The van der Waals surface area contributed by atoms with Crippen LogP contribution in [-0.4, -0.2) is 117 Å². The fourth-order valence-corrected chi connectivity index (χ4v) is 38.0. The first-order valence-electron chi connectivity index (χ1n) is 46.7. The molecule has 23 nitrogen and oxygen atoms in total. The summed E-state index contributed by atoms with van der Waals surface area (Å²) in [4.78, 5) is 101. The van der Waals surface area contributed by atoms with Crippen molar-refractivity contribution in [3.05, 3.63) is 322 Å². The molecule has 0 fully saturated rings. The van der Waals surface area contributed by atoms with Crippen molar-refractivity contribution >= 4 is 303 Å². The van der Waals surface area contributed by atoms with Crippen molar-refractivity contribution in [1.29, 1.82) is 0 Å². The fourth-order valence-electron chi connectivity index (χ4n) is 17.5. The first-order valence-corrected chi connectivity index (χ1v) is 60.4. The largest absolute Gasteiger partial charge is 0.443 e. The molecule has 0 aliphatic heterocycles. The number of nitrogens with one attached hydrogen (secondary N) is 2. The molecule has 1 unspecified atom stereocenters. The van der Waals surface area contributed by atoms with Gasteiger partial charge in [0.25, 0.3) is 0 Å². The third-order valence-corrected chi connectivity index (χ3v) is 46.4. The lowest BCUT2D eigenvalue weighted by Gasteiger charge is -2.44. The Hall–Kier alpha value is -8.06. The average Bonchev–Trinajstić information content (AvgIpc) is 1.59. The van der Waals surface area contributed by atoms with E-state index in [1.807, 2.05) is 136 Å². The number of aryl methyl sites for hydroxylation is 2. The molecule has 0 aliphatic rings. The third-order valence-electron chi connectivity index (χ3n) is 23.6. The molecule has 0 saturated carbocycles. The van der Waals surface area contributed by atoms with E-state index < -0.39 is 46.0 Å². The van der Waals surface area contributed by atoms with Crippen LogP contribution in [0.5, 0.6) is 0 Å². The van der Waals surface area contributed by atoms with Crippen LogP contribution >= 0.6 is 207 Å². The van der Waals surface area contributed by atoms with Gasteiger partial charge >= 0.3 is 12.2 Å². The number of aromatic nitrogens is 11. The predicted molar refractivity (Wildman–Crippen MR) is 630 cm³/mol. The van der Waals surface area contributed by atoms with Gasteiger partial charge in [-0.2, -0.15) is 0 Å². The standard InChI is InChI=1S/C32H42Cl2N4O3SSi.C19H15Cl2N3S.C16H16Cl2N2O3S.C16H25IN2Si.C11H8Cl2N2OS.C7H8ClN.C4HCl2NOS/c1-19(2)43(20(3)4,21(5)6)38-18-25(24-11-10-16-35-29(24)38)26(39)27-28(34)36-30(42-27)37(31(40)41-32(7,8)9)17-22-12-14-23(33)15-13-22;20-14-6-3-12(4-7-14)5-8-17-24-18(21)16(25-17)10-13-11-23-19-15(13)2-1-9-22-19;1-16(2,3)23-15(22)20(8-10-4-6-11(17)7-5-10)14-19-13(18)12(9-21)24-14;1-11(2)20(12(3)4,13(5)6)19-10-15(17)14-8-7-9-18-16(14)19;12-8-3-1-7(2-4-8)5-14-11-15-10(13)9(6-16)17-11;8-7-3-1-6(5-9)2-4-7;5-3-2(1-8)9-4(6)7-3/h10-16,18-21,26,39H,17H2,1-9H3;1-4,6-7,9,11H,5,8,10H2,(H,22,23);4-7,9H,8H2,1-3H3;7-13H,1-6H3;1-4,6H,5H2,(H,14,15);1-4H,5,9H2;1H. The second-order valence-corrected chi connectivity index (χ2v) is 60.0. The van der Waals surface area contributed by atoms with Crippen molar-refractivity contribution in [3.8, 4) is 0 Å². The van der Waals surface area contributed by atoms with E-state index >= 15 is 0 Å². The number of hydrogen-bond acceptors (Lipinski definition) is 23. The van der Waals surface area contributed by atoms with Crippen molar-refractivity contribution in [2.45, 2.75) is 221 Å². The number of H-pyrrole nitrogens is 1. The first kappa shape index (κ1) is 121. The summed E-state index contributed by atoms with van der Waals surface area (Å²) < 4.78 is 17.8. The second-order valence-electron chi connectivity index (χ2n) is 37.6. The summed E-state index contributed by atoms with van der Waals surface area (Å²) in [7, 11) is -3.88. The predicted octanol–water partition coefficient (Wildman–Crippen LogP) is 34.4. The van der Waals surface area contributed by atoms with Crippen molar-refractivity contribution in [1.82, 2.24) is 53.3 Å². The molecule has 11 aromatic heterocycles. The highest BCUT2D eigenvalue weighted by Gasteiger charge is 2.48. The molecule has 1 atom stereocenters. The second kappa shape index (κ2) is 55.5. The molecule has 5 aromatic carbocycles. The highest BCUT2D eigenvalue weighted by Crippen LogP contribution is 2.49. The molecule has 0 spiro atoms. The maximum Gasteiger partial charge on any atom is 0.416 e. The van der Waals surface area contributed by atoms with Crippen LogP contribution in [0.4, 0.5) is 25.0 Å². The number of anilines is 3. The van der Waals surface area contributed by atoms with Gasteiger partial charge in [0, 0.05) is 118 Å². The SMILES string of the molecule is CC(C)(C)OC(=O)N(Cc1ccc(Cl)cc1)c1nc(Cl)c(C=O)s1.CC(C)[Si](C(C)C)(C(C)C)n1cc(C(O)c2sc(N(Cc3ccc(Cl)cc3)C(=O)OC(C)(C)C)nc2Cl)c2cccnc21.CC(C)[Si](C(C)C)(C(C)C)n1cc(I)c2cccnc21.Clc1ccc(CCc2nc(Cl)c(Cc3c[nH]c4ncccc34)s2)cc1.NCc1ccc(Cl)cc1.O=Cc1sc(Cl)nc1Cl.O=Cc1sc(NCc2ccc(Cl)cc2)nc1Cl. The highest BCUT2D eigenvalue weighted by atomic mass is 127. The van der Waals surface area contributed by atoms with E-state index in [0.717, 1.165) is 112 Å². The maximum atomic E-state index is 13.4. The van der Waals surface area contributed by atoms with Gasteiger partial charge in [-0.05, 0) is 234 Å². The van der Waals surface area contributed by atoms with Crippen LogP contribution in [0.2, 0.25) is 88.6 Å². The smallest absolute Gasteiger partial charge is 0.416 e. The first-order chi connectivity index (χ1) is 69.5. The molecule has 16 aromatic rings. The Morgan fingerprint density at radius 1 is 0.469 bits per heavy atom. The number of carbonyl (C=O) groups excluding carboxylic acids is 5. The summed E-state index contributed by atoms with van der Waals surface area (Å²) in [6, 6.07) is 49.4. The monoisotopic (exact) mass is 2440 g/mol. The van der Waals surface area contributed by atoms with Crippen LogP contribution in [0.1, 0.15) is 213 Å². The Morgan fingerprint density at radius 2 is 0.871 bits per heavy atom. The van der Waals surface area contributed by atoms with Crippen LogP contribution < -0.4 is 20.9 Å². The molecule has 42 heteroatoms. The number of aliphatic hydroxyl groups is 1. The zero-order valence-corrected chi connectivity index (χ0v) is 101. The van der Waals surface area contributed by atoms with Gasteiger partial charge in [-0.25, -0.2) is 59.3 Å². The van der Waals surface area contributed by atoms with Gasteiger partial charge in [0.1, 0.15) is 59.2 Å². The molecule has 11 heterocycles. The minimum absolute atomic E-state index is 0.0645. The summed E-state index contributed by atoms with van der Waals surface area (Å²) in [6.07, 6.45) is 14.3. The molecule has 0 bridgehead atoms. The summed E-state index contributed by atoms with van der Waals surface area (Å²) in [5.41, 5.74) is 17.3. The number of aldehydes is 3. The van der Waals surface area contributed by atoms with Crippen molar-refractivity contribution < 1.29 is 38.6 Å². The topological polar surface area (TPSA) is 297 Å². The molecule has 0 saturated heterocycles. The Bertz CT molecular complexity index is 7010. The normalized spacial score (nSPS) is 11.8. The summed E-state index contributed by atoms with van der Waals surface area (Å²) >= 11 is 73.6. The summed E-state index contributed by atoms with van der Waals surface area (Å²) in [6.45, 7) is 40.6. The number of fused-ring (bicyclic) bond motifs is 3. The number of halogens is 12. The number of amides is 2. The maximum absolute atomic E-state index is 13.4. The Morgan fingerprint density at radius 3 is 1.31 bits per heavy atom. The number of ether oxygens (including phenoxy) is 2. The van der Waals surface area contributed by atoms with Gasteiger partial charge < -0.3 is 39.1 Å². The van der Waals surface area contributed by atoms with Crippen LogP contribution in [-0.2, 0) is 54.9 Å². The number of nitrogens with two attached hydrogens (primary N) is 1. The van der Waals surface area contributed by atoms with Gasteiger partial charge in [-0.3, -0.25) is 14.4 Å². The minimum atomic E-state index is -2.19. The lowest BCUT2D eigenvalue weighted by Crippen LogP contribution is -2.51. The van der Waals surface area contributed by atoms with Gasteiger partial charge in [-0.15, -0.1) is 11.3 Å². The Labute approximate surface area is 948 Å². The van der Waals surface area contributed by atoms with Crippen molar-refractivity contribution in [3.63, 3.8) is 0 Å². The molecule has 0 radical (unpaired) electrons. The highest BCUT2D eigenvalue weighted by molar-refractivity contribution is 14.1. The zero-order chi connectivity index (χ0) is 108. The quantitative estimate of drug-likeness (QED) is 0.0201. The van der Waals surface area contributed by atoms with E-state index in [4.69, 9.17) is 153 Å². The van der Waals surface area contributed by atoms with E-state index in [1.54, 1.807) is 74.7 Å². The van der Waals surface area contributed by atoms with Crippen LogP contribution in [0.3, 0.4) is 0 Å². The number of thiazole rings is 5. The van der Waals surface area contributed by atoms with E-state index in [2.05, 4.69) is 191 Å². The number of carbonyl (C=O) groups is 5. The van der Waals surface area contributed by atoms with E-state index in [-0.39, 0.29) is 38.6 Å².